The minimum Gasteiger partial charge on any atom is -0.342 e. The Morgan fingerprint density at radius 3 is 2.89 bits per heavy atom. The fourth-order valence-corrected chi connectivity index (χ4v) is 1.51. The minimum atomic E-state index is -0.625. The summed E-state index contributed by atoms with van der Waals surface area (Å²) < 4.78 is 0. The quantitative estimate of drug-likeness (QED) is 0.490. The second-order valence-electron chi connectivity index (χ2n) is 3.66. The van der Waals surface area contributed by atoms with E-state index in [2.05, 4.69) is 4.98 Å². The molecule has 1 heterocycles. The first-order valence-electron chi connectivity index (χ1n) is 5.22. The summed E-state index contributed by atoms with van der Waals surface area (Å²) in [7, 11) is 1.58. The van der Waals surface area contributed by atoms with Gasteiger partial charge in [-0.3, -0.25) is 14.9 Å². The van der Waals surface area contributed by atoms with Gasteiger partial charge in [0, 0.05) is 19.7 Å². The van der Waals surface area contributed by atoms with Gasteiger partial charge in [0.25, 0.3) is 11.6 Å². The lowest BCUT2D eigenvalue weighted by atomic mass is 10.2. The zero-order valence-corrected chi connectivity index (χ0v) is 10.6. The van der Waals surface area contributed by atoms with Gasteiger partial charge in [0.15, 0.2) is 0 Å². The van der Waals surface area contributed by atoms with Crippen molar-refractivity contribution in [3.63, 3.8) is 0 Å². The van der Waals surface area contributed by atoms with E-state index < -0.39 is 10.8 Å². The zero-order valence-electron chi connectivity index (χ0n) is 9.80. The van der Waals surface area contributed by atoms with Crippen LogP contribution in [0.4, 0.5) is 5.69 Å². The van der Waals surface area contributed by atoms with Crippen LogP contribution in [0.15, 0.2) is 12.3 Å². The van der Waals surface area contributed by atoms with Crippen LogP contribution in [0.2, 0.25) is 5.15 Å². The molecule has 1 aromatic rings. The van der Waals surface area contributed by atoms with Crippen LogP contribution < -0.4 is 5.73 Å². The number of hydrogen-bond acceptors (Lipinski definition) is 5. The van der Waals surface area contributed by atoms with Crippen LogP contribution in [0.5, 0.6) is 0 Å². The molecule has 0 fully saturated rings. The maximum Gasteiger partial charge on any atom is 0.288 e. The molecule has 0 unspecified atom stereocenters. The third-order valence-electron chi connectivity index (χ3n) is 2.31. The normalized spacial score (nSPS) is 10.2. The maximum atomic E-state index is 12.0. The van der Waals surface area contributed by atoms with Crippen molar-refractivity contribution in [1.29, 1.82) is 0 Å². The average molecular weight is 273 g/mol. The molecule has 7 nitrogen and oxygen atoms in total. The van der Waals surface area contributed by atoms with Gasteiger partial charge in [-0.05, 0) is 13.0 Å². The van der Waals surface area contributed by atoms with Crippen molar-refractivity contribution in [1.82, 2.24) is 9.88 Å². The molecule has 1 rings (SSSR count). The van der Waals surface area contributed by atoms with Gasteiger partial charge in [-0.1, -0.05) is 11.6 Å². The molecule has 0 saturated heterocycles. The van der Waals surface area contributed by atoms with Crippen molar-refractivity contribution in [3.05, 3.63) is 33.1 Å². The molecule has 0 aliphatic heterocycles. The molecule has 0 saturated carbocycles. The van der Waals surface area contributed by atoms with Gasteiger partial charge in [-0.15, -0.1) is 0 Å². The van der Waals surface area contributed by atoms with Gasteiger partial charge >= 0.3 is 0 Å². The number of rotatable bonds is 5. The van der Waals surface area contributed by atoms with E-state index in [1.54, 1.807) is 7.05 Å². The van der Waals surface area contributed by atoms with Crippen LogP contribution in [0.3, 0.4) is 0 Å². The summed E-state index contributed by atoms with van der Waals surface area (Å²) in [5.74, 6) is -0.412. The summed E-state index contributed by atoms with van der Waals surface area (Å²) in [5, 5.41) is 10.6. The highest BCUT2D eigenvalue weighted by atomic mass is 35.5. The molecule has 8 heteroatoms. The summed E-state index contributed by atoms with van der Waals surface area (Å²) in [5.41, 5.74) is 5.09. The van der Waals surface area contributed by atoms with Crippen LogP contribution in [-0.2, 0) is 0 Å². The molecule has 18 heavy (non-hydrogen) atoms. The summed E-state index contributed by atoms with van der Waals surface area (Å²) in [6, 6.07) is 1.12. The van der Waals surface area contributed by atoms with E-state index >= 15 is 0 Å². The Bertz CT molecular complexity index is 466. The van der Waals surface area contributed by atoms with Crippen molar-refractivity contribution in [2.75, 3.05) is 20.1 Å². The number of carbonyl (C=O) groups is 1. The Balaban J connectivity index is 2.97. The van der Waals surface area contributed by atoms with Crippen LogP contribution >= 0.6 is 11.6 Å². The average Bonchev–Trinajstić information content (AvgIpc) is 2.35. The van der Waals surface area contributed by atoms with Crippen LogP contribution in [0, 0.1) is 10.1 Å². The first kappa shape index (κ1) is 14.3. The fourth-order valence-electron chi connectivity index (χ4n) is 1.32. The van der Waals surface area contributed by atoms with Gasteiger partial charge in [0.1, 0.15) is 11.3 Å². The van der Waals surface area contributed by atoms with Crippen molar-refractivity contribution in [3.8, 4) is 0 Å². The van der Waals surface area contributed by atoms with Gasteiger partial charge in [-0.25, -0.2) is 4.98 Å². The monoisotopic (exact) mass is 272 g/mol. The molecule has 0 aliphatic rings. The lowest BCUT2D eigenvalue weighted by molar-refractivity contribution is -0.385. The second kappa shape index (κ2) is 6.27. The second-order valence-corrected chi connectivity index (χ2v) is 4.02. The number of amides is 1. The summed E-state index contributed by atoms with van der Waals surface area (Å²) >= 11 is 5.77. The fraction of sp³-hybridized carbons (Fsp3) is 0.400. The molecule has 2 N–H and O–H groups in total. The standard InChI is InChI=1S/C10H13ClN4O3/c1-14(4-2-3-12)10(16)8-5-7(15(17)18)6-13-9(8)11/h5-6H,2-4,12H2,1H3. The molecule has 0 spiro atoms. The Kier molecular flexibility index (Phi) is 4.99. The maximum absolute atomic E-state index is 12.0. The molecule has 1 aromatic heterocycles. The van der Waals surface area contributed by atoms with Crippen LogP contribution in [-0.4, -0.2) is 40.9 Å². The number of hydrogen-bond donors (Lipinski definition) is 1. The van der Waals surface area contributed by atoms with Gasteiger partial charge in [0.2, 0.25) is 0 Å². The van der Waals surface area contributed by atoms with E-state index in [-0.39, 0.29) is 16.4 Å². The first-order valence-corrected chi connectivity index (χ1v) is 5.60. The molecule has 0 aromatic carbocycles. The molecule has 0 radical (unpaired) electrons. The minimum absolute atomic E-state index is 0.0189. The van der Waals surface area contributed by atoms with E-state index in [4.69, 9.17) is 17.3 Å². The van der Waals surface area contributed by atoms with E-state index in [0.29, 0.717) is 19.5 Å². The molecule has 0 aliphatic carbocycles. The lowest BCUT2D eigenvalue weighted by Crippen LogP contribution is -2.29. The predicted octanol–water partition coefficient (Wildman–Crippen LogP) is 1.06. The van der Waals surface area contributed by atoms with E-state index in [9.17, 15) is 14.9 Å². The van der Waals surface area contributed by atoms with E-state index in [1.807, 2.05) is 0 Å². The predicted molar refractivity (Wildman–Crippen MR) is 66.5 cm³/mol. The van der Waals surface area contributed by atoms with Gasteiger partial charge < -0.3 is 10.6 Å². The third kappa shape index (κ3) is 3.38. The number of aromatic nitrogens is 1. The first-order chi connectivity index (χ1) is 8.47. The summed E-state index contributed by atoms with van der Waals surface area (Å²) in [6.07, 6.45) is 1.65. The molecule has 98 valence electrons. The summed E-state index contributed by atoms with van der Waals surface area (Å²) in [6.45, 7) is 0.910. The molecule has 0 bridgehead atoms. The third-order valence-corrected chi connectivity index (χ3v) is 2.61. The Morgan fingerprint density at radius 2 is 2.33 bits per heavy atom. The smallest absolute Gasteiger partial charge is 0.288 e. The van der Waals surface area contributed by atoms with E-state index in [0.717, 1.165) is 12.3 Å². The molecule has 1 amide bonds. The molecular weight excluding hydrogens is 260 g/mol. The highest BCUT2D eigenvalue weighted by Gasteiger charge is 2.19. The zero-order chi connectivity index (χ0) is 13.7. The van der Waals surface area contributed by atoms with E-state index in [1.165, 1.54) is 4.90 Å². The van der Waals surface area contributed by atoms with Gasteiger partial charge in [-0.2, -0.15) is 0 Å². The largest absolute Gasteiger partial charge is 0.342 e. The molecule has 0 atom stereocenters. The van der Waals surface area contributed by atoms with Crippen molar-refractivity contribution in [2.24, 2.45) is 5.73 Å². The number of carbonyl (C=O) groups excluding carboxylic acids is 1. The number of halogens is 1. The Labute approximate surface area is 109 Å². The molecular formula is C10H13ClN4O3. The van der Waals surface area contributed by atoms with Crippen molar-refractivity contribution >= 4 is 23.2 Å². The number of nitro groups is 1. The summed E-state index contributed by atoms with van der Waals surface area (Å²) in [4.78, 5) is 27.0. The topological polar surface area (TPSA) is 102 Å². The Hall–Kier alpha value is -1.73. The highest BCUT2D eigenvalue weighted by molar-refractivity contribution is 6.32. The SMILES string of the molecule is CN(CCCN)C(=O)c1cc([N+](=O)[O-])cnc1Cl. The number of nitrogens with two attached hydrogens (primary N) is 1. The van der Waals surface area contributed by atoms with Crippen molar-refractivity contribution in [2.45, 2.75) is 6.42 Å². The van der Waals surface area contributed by atoms with Crippen molar-refractivity contribution < 1.29 is 9.72 Å². The highest BCUT2D eigenvalue weighted by Crippen LogP contribution is 2.20. The number of pyridine rings is 1. The van der Waals surface area contributed by atoms with Crippen LogP contribution in [0.25, 0.3) is 0 Å². The van der Waals surface area contributed by atoms with Crippen LogP contribution in [0.1, 0.15) is 16.8 Å². The number of nitrogens with zero attached hydrogens (tertiary/aromatic N) is 3. The lowest BCUT2D eigenvalue weighted by Gasteiger charge is -2.16. The van der Waals surface area contributed by atoms with Gasteiger partial charge in [0.05, 0.1) is 10.5 Å². The Morgan fingerprint density at radius 1 is 1.67 bits per heavy atom.